The summed E-state index contributed by atoms with van der Waals surface area (Å²) in [7, 11) is 1.87. The summed E-state index contributed by atoms with van der Waals surface area (Å²) in [4.78, 5) is 10.2. The first-order valence-corrected chi connectivity index (χ1v) is 6.82. The van der Waals surface area contributed by atoms with Gasteiger partial charge in [0.2, 0.25) is 0 Å². The van der Waals surface area contributed by atoms with Crippen molar-refractivity contribution in [3.8, 4) is 5.75 Å². The molecule has 0 amide bonds. The van der Waals surface area contributed by atoms with Crippen LogP contribution in [-0.2, 0) is 0 Å². The van der Waals surface area contributed by atoms with Crippen molar-refractivity contribution in [2.75, 3.05) is 25.1 Å². The number of ether oxygens (including phenoxy) is 1. The van der Waals surface area contributed by atoms with Gasteiger partial charge < -0.3 is 14.2 Å². The van der Waals surface area contributed by atoms with Crippen LogP contribution in [0.2, 0.25) is 0 Å². The number of hydrogen-bond donors (Lipinski definition) is 0. The van der Waals surface area contributed by atoms with Crippen LogP contribution in [0.3, 0.4) is 0 Å². The zero-order chi connectivity index (χ0) is 15.5. The highest BCUT2D eigenvalue weighted by molar-refractivity contribution is 5.87. The molecule has 2 heterocycles. The van der Waals surface area contributed by atoms with E-state index in [4.69, 9.17) is 9.26 Å². The van der Waals surface area contributed by atoms with E-state index in [1.54, 1.807) is 18.2 Å². The number of likely N-dealkylation sites (N-methyl/N-ethyl adjacent to an activating group) is 1. The van der Waals surface area contributed by atoms with Gasteiger partial charge in [-0.3, -0.25) is 0 Å². The van der Waals surface area contributed by atoms with Gasteiger partial charge in [-0.15, -0.1) is 0 Å². The minimum absolute atomic E-state index is 0.241. The van der Waals surface area contributed by atoms with Gasteiger partial charge in [-0.1, -0.05) is 17.3 Å². The maximum atomic E-state index is 13.5. The highest BCUT2D eigenvalue weighted by Gasteiger charge is 2.15. The molecule has 0 unspecified atom stereocenters. The van der Waals surface area contributed by atoms with Gasteiger partial charge in [-0.25, -0.2) is 9.37 Å². The van der Waals surface area contributed by atoms with E-state index in [1.807, 2.05) is 18.9 Å². The highest BCUT2D eigenvalue weighted by Crippen LogP contribution is 2.24. The number of para-hydroxylation sites is 1. The molecule has 0 N–H and O–H groups in total. The van der Waals surface area contributed by atoms with E-state index < -0.39 is 0 Å². The molecule has 114 valence electrons. The number of benzene rings is 1. The van der Waals surface area contributed by atoms with Crippen LogP contribution in [-0.4, -0.2) is 35.3 Å². The molecule has 1 aromatic carbocycles. The van der Waals surface area contributed by atoms with Crippen molar-refractivity contribution in [3.63, 3.8) is 0 Å². The highest BCUT2D eigenvalue weighted by atomic mass is 19.1. The number of nitrogens with zero attached hydrogens (tertiary/aromatic N) is 4. The predicted octanol–water partition coefficient (Wildman–Crippen LogP) is 2.58. The van der Waals surface area contributed by atoms with Crippen molar-refractivity contribution in [2.24, 2.45) is 0 Å². The lowest BCUT2D eigenvalue weighted by atomic mass is 10.3. The average molecular weight is 302 g/mol. The van der Waals surface area contributed by atoms with Gasteiger partial charge >= 0.3 is 0 Å². The van der Waals surface area contributed by atoms with Crippen LogP contribution in [0.25, 0.3) is 11.1 Å². The molecule has 22 heavy (non-hydrogen) atoms. The van der Waals surface area contributed by atoms with Crippen molar-refractivity contribution in [1.82, 2.24) is 15.1 Å². The van der Waals surface area contributed by atoms with Crippen molar-refractivity contribution in [2.45, 2.75) is 6.92 Å². The smallest absolute Gasteiger partial charge is 0.263 e. The summed E-state index contributed by atoms with van der Waals surface area (Å²) >= 11 is 0. The molecule has 3 aromatic rings. The zero-order valence-electron chi connectivity index (χ0n) is 12.3. The molecule has 0 fully saturated rings. The second kappa shape index (κ2) is 5.97. The lowest BCUT2D eigenvalue weighted by Crippen LogP contribution is -2.25. The molecular formula is C15H15FN4O2. The Kier molecular flexibility index (Phi) is 3.86. The van der Waals surface area contributed by atoms with Crippen LogP contribution in [0.1, 0.15) is 5.69 Å². The fourth-order valence-electron chi connectivity index (χ4n) is 2.15. The van der Waals surface area contributed by atoms with E-state index in [1.165, 1.54) is 12.4 Å². The Labute approximate surface area is 126 Å². The molecule has 7 heteroatoms. The molecule has 0 bridgehead atoms. The summed E-state index contributed by atoms with van der Waals surface area (Å²) in [5.41, 5.74) is 1.18. The number of hydrogen-bond acceptors (Lipinski definition) is 6. The topological polar surface area (TPSA) is 64.3 Å². The van der Waals surface area contributed by atoms with Crippen molar-refractivity contribution in [3.05, 3.63) is 42.1 Å². The lowest BCUT2D eigenvalue weighted by molar-refractivity contribution is 0.309. The fourth-order valence-corrected chi connectivity index (χ4v) is 2.15. The molecule has 2 aromatic heterocycles. The monoisotopic (exact) mass is 302 g/mol. The molecule has 0 radical (unpaired) electrons. The van der Waals surface area contributed by atoms with Gasteiger partial charge in [0.15, 0.2) is 11.6 Å². The summed E-state index contributed by atoms with van der Waals surface area (Å²) in [6.45, 7) is 2.70. The van der Waals surface area contributed by atoms with Gasteiger partial charge in [0.1, 0.15) is 24.1 Å². The summed E-state index contributed by atoms with van der Waals surface area (Å²) < 4.78 is 24.1. The van der Waals surface area contributed by atoms with E-state index in [0.717, 1.165) is 11.1 Å². The third kappa shape index (κ3) is 2.69. The standard InChI is InChI=1S/C15H15FN4O2/c1-10-13-14(17-9-18-15(13)22-19-10)20(2)7-8-21-12-6-4-3-5-11(12)16/h3-6,9H,7-8H2,1-2H3. The van der Waals surface area contributed by atoms with Crippen LogP contribution in [0.15, 0.2) is 35.1 Å². The van der Waals surface area contributed by atoms with Gasteiger partial charge in [0.25, 0.3) is 5.71 Å². The van der Waals surface area contributed by atoms with Crippen LogP contribution < -0.4 is 9.64 Å². The Bertz CT molecular complexity index is 790. The number of aromatic nitrogens is 3. The molecule has 0 aliphatic rings. The maximum absolute atomic E-state index is 13.5. The van der Waals surface area contributed by atoms with Crippen LogP contribution in [0.5, 0.6) is 5.75 Å². The van der Waals surface area contributed by atoms with Gasteiger partial charge in [-0.05, 0) is 19.1 Å². The van der Waals surface area contributed by atoms with Crippen molar-refractivity contribution >= 4 is 16.9 Å². The molecule has 0 saturated heterocycles. The normalized spacial score (nSPS) is 10.9. The maximum Gasteiger partial charge on any atom is 0.263 e. The number of rotatable bonds is 5. The number of aryl methyl sites for hydroxylation is 1. The molecule has 0 saturated carbocycles. The first-order chi connectivity index (χ1) is 10.7. The zero-order valence-corrected chi connectivity index (χ0v) is 12.3. The van der Waals surface area contributed by atoms with E-state index in [-0.39, 0.29) is 11.6 Å². The van der Waals surface area contributed by atoms with E-state index in [0.29, 0.717) is 24.7 Å². The first kappa shape index (κ1) is 14.2. The number of halogens is 1. The molecule has 0 atom stereocenters. The Balaban J connectivity index is 1.70. The van der Waals surface area contributed by atoms with Crippen molar-refractivity contribution < 1.29 is 13.7 Å². The third-order valence-corrected chi connectivity index (χ3v) is 3.31. The van der Waals surface area contributed by atoms with Gasteiger partial charge in [-0.2, -0.15) is 4.98 Å². The molecule has 0 aliphatic heterocycles. The Morgan fingerprint density at radius 1 is 1.27 bits per heavy atom. The van der Waals surface area contributed by atoms with E-state index >= 15 is 0 Å². The van der Waals surface area contributed by atoms with Gasteiger partial charge in [0, 0.05) is 7.05 Å². The van der Waals surface area contributed by atoms with Crippen LogP contribution >= 0.6 is 0 Å². The molecule has 3 rings (SSSR count). The van der Waals surface area contributed by atoms with Crippen LogP contribution in [0, 0.1) is 12.7 Å². The van der Waals surface area contributed by atoms with Crippen LogP contribution in [0.4, 0.5) is 10.2 Å². The first-order valence-electron chi connectivity index (χ1n) is 6.82. The molecular weight excluding hydrogens is 287 g/mol. The Morgan fingerprint density at radius 2 is 2.09 bits per heavy atom. The molecule has 0 aliphatic carbocycles. The Morgan fingerprint density at radius 3 is 2.91 bits per heavy atom. The van der Waals surface area contributed by atoms with E-state index in [9.17, 15) is 4.39 Å². The lowest BCUT2D eigenvalue weighted by Gasteiger charge is -2.18. The second-order valence-corrected chi connectivity index (χ2v) is 4.85. The molecule has 6 nitrogen and oxygen atoms in total. The minimum atomic E-state index is -0.371. The third-order valence-electron chi connectivity index (χ3n) is 3.31. The summed E-state index contributed by atoms with van der Waals surface area (Å²) in [6.07, 6.45) is 1.43. The largest absolute Gasteiger partial charge is 0.489 e. The quantitative estimate of drug-likeness (QED) is 0.722. The summed E-state index contributed by atoms with van der Waals surface area (Å²) in [6, 6.07) is 6.33. The summed E-state index contributed by atoms with van der Waals surface area (Å²) in [5, 5.41) is 4.67. The average Bonchev–Trinajstić information content (AvgIpc) is 2.91. The second-order valence-electron chi connectivity index (χ2n) is 4.85. The minimum Gasteiger partial charge on any atom is -0.489 e. The SMILES string of the molecule is Cc1noc2ncnc(N(C)CCOc3ccccc3F)c12. The summed E-state index contributed by atoms with van der Waals surface area (Å²) in [5.74, 6) is 0.579. The predicted molar refractivity (Wildman–Crippen MR) is 79.5 cm³/mol. The molecule has 0 spiro atoms. The number of anilines is 1. The Hall–Kier alpha value is -2.70. The van der Waals surface area contributed by atoms with Crippen molar-refractivity contribution in [1.29, 1.82) is 0 Å². The van der Waals surface area contributed by atoms with Gasteiger partial charge in [0.05, 0.1) is 12.2 Å². The fraction of sp³-hybridized carbons (Fsp3) is 0.267. The van der Waals surface area contributed by atoms with E-state index in [2.05, 4.69) is 15.1 Å². The number of fused-ring (bicyclic) bond motifs is 1.